The summed E-state index contributed by atoms with van der Waals surface area (Å²) in [7, 11) is 1.53. The Kier molecular flexibility index (Phi) is 2.98. The summed E-state index contributed by atoms with van der Waals surface area (Å²) in [4.78, 5) is 0. The SMILES string of the molecule is COc1ccc(F)cc1C1(N)CCc2cc(F)ccc21. The molecule has 0 saturated heterocycles. The Morgan fingerprint density at radius 2 is 1.75 bits per heavy atom. The Hall–Kier alpha value is -1.94. The second kappa shape index (κ2) is 4.56. The van der Waals surface area contributed by atoms with Crippen LogP contribution in [0.4, 0.5) is 8.78 Å². The maximum atomic E-state index is 13.6. The first kappa shape index (κ1) is 13.1. The fourth-order valence-corrected chi connectivity index (χ4v) is 2.98. The molecule has 0 heterocycles. The Morgan fingerprint density at radius 1 is 1.05 bits per heavy atom. The van der Waals surface area contributed by atoms with Crippen LogP contribution in [0.3, 0.4) is 0 Å². The minimum absolute atomic E-state index is 0.279. The quantitative estimate of drug-likeness (QED) is 0.914. The van der Waals surface area contributed by atoms with Gasteiger partial charge >= 0.3 is 0 Å². The minimum atomic E-state index is -0.837. The number of aryl methyl sites for hydroxylation is 1. The van der Waals surface area contributed by atoms with E-state index in [1.807, 2.05) is 0 Å². The van der Waals surface area contributed by atoms with Crippen molar-refractivity contribution in [3.63, 3.8) is 0 Å². The van der Waals surface area contributed by atoms with Crippen LogP contribution < -0.4 is 10.5 Å². The topological polar surface area (TPSA) is 35.2 Å². The van der Waals surface area contributed by atoms with E-state index in [-0.39, 0.29) is 11.6 Å². The maximum absolute atomic E-state index is 13.6. The maximum Gasteiger partial charge on any atom is 0.124 e. The smallest absolute Gasteiger partial charge is 0.124 e. The number of ether oxygens (including phenoxy) is 1. The van der Waals surface area contributed by atoms with Crippen LogP contribution in [0, 0.1) is 11.6 Å². The van der Waals surface area contributed by atoms with Gasteiger partial charge in [0.15, 0.2) is 0 Å². The van der Waals surface area contributed by atoms with Crippen LogP contribution in [-0.2, 0) is 12.0 Å². The molecule has 0 radical (unpaired) electrons. The van der Waals surface area contributed by atoms with Gasteiger partial charge in [-0.15, -0.1) is 0 Å². The molecule has 2 N–H and O–H groups in total. The lowest BCUT2D eigenvalue weighted by molar-refractivity contribution is 0.391. The van der Waals surface area contributed by atoms with E-state index in [9.17, 15) is 8.78 Å². The molecule has 2 aromatic carbocycles. The van der Waals surface area contributed by atoms with E-state index in [1.165, 1.54) is 31.4 Å². The highest BCUT2D eigenvalue weighted by Gasteiger charge is 2.39. The highest BCUT2D eigenvalue weighted by Crippen LogP contribution is 2.43. The van der Waals surface area contributed by atoms with Crippen LogP contribution in [0.2, 0.25) is 0 Å². The highest BCUT2D eigenvalue weighted by molar-refractivity contribution is 5.51. The molecular weight excluding hydrogens is 260 g/mol. The van der Waals surface area contributed by atoms with Crippen LogP contribution in [0.5, 0.6) is 5.75 Å². The first-order valence-electron chi connectivity index (χ1n) is 6.46. The van der Waals surface area contributed by atoms with Crippen LogP contribution in [0.25, 0.3) is 0 Å². The van der Waals surface area contributed by atoms with E-state index in [0.717, 1.165) is 11.1 Å². The van der Waals surface area contributed by atoms with E-state index in [4.69, 9.17) is 10.5 Å². The molecule has 20 heavy (non-hydrogen) atoms. The van der Waals surface area contributed by atoms with E-state index in [1.54, 1.807) is 12.1 Å². The molecule has 104 valence electrons. The summed E-state index contributed by atoms with van der Waals surface area (Å²) < 4.78 is 32.2. The molecule has 1 aliphatic carbocycles. The molecule has 0 spiro atoms. The van der Waals surface area contributed by atoms with Gasteiger partial charge in [0, 0.05) is 5.56 Å². The van der Waals surface area contributed by atoms with E-state index < -0.39 is 5.54 Å². The normalized spacial score (nSPS) is 20.8. The van der Waals surface area contributed by atoms with Crippen molar-refractivity contribution < 1.29 is 13.5 Å². The molecule has 0 amide bonds. The molecular formula is C16H15F2NO. The van der Waals surface area contributed by atoms with Gasteiger partial charge in [-0.05, 0) is 54.3 Å². The molecule has 3 rings (SSSR count). The molecule has 0 fully saturated rings. The number of hydrogen-bond donors (Lipinski definition) is 1. The zero-order valence-electron chi connectivity index (χ0n) is 11.1. The van der Waals surface area contributed by atoms with Crippen molar-refractivity contribution in [2.45, 2.75) is 18.4 Å². The number of nitrogens with two attached hydrogens (primary N) is 1. The molecule has 1 aliphatic rings. The van der Waals surface area contributed by atoms with Gasteiger partial charge in [0.25, 0.3) is 0 Å². The monoisotopic (exact) mass is 275 g/mol. The van der Waals surface area contributed by atoms with Gasteiger partial charge in [-0.1, -0.05) is 6.07 Å². The van der Waals surface area contributed by atoms with Gasteiger partial charge in [-0.2, -0.15) is 0 Å². The number of fused-ring (bicyclic) bond motifs is 1. The lowest BCUT2D eigenvalue weighted by Crippen LogP contribution is -2.36. The minimum Gasteiger partial charge on any atom is -0.496 e. The number of hydrogen-bond acceptors (Lipinski definition) is 2. The molecule has 0 bridgehead atoms. The Balaban J connectivity index is 2.19. The standard InChI is InChI=1S/C16H15F2NO/c1-20-15-5-3-12(18)9-14(15)16(19)7-6-10-8-11(17)2-4-13(10)16/h2-5,8-9H,6-7,19H2,1H3. The molecule has 2 nitrogen and oxygen atoms in total. The van der Waals surface area contributed by atoms with Crippen LogP contribution in [-0.4, -0.2) is 7.11 Å². The summed E-state index contributed by atoms with van der Waals surface area (Å²) in [5.41, 5.74) is 7.99. The molecule has 0 aromatic heterocycles. The molecule has 0 saturated carbocycles. The number of methoxy groups -OCH3 is 1. The van der Waals surface area contributed by atoms with Gasteiger partial charge < -0.3 is 10.5 Å². The summed E-state index contributed by atoms with van der Waals surface area (Å²) in [6, 6.07) is 8.87. The fraction of sp³-hybridized carbons (Fsp3) is 0.250. The van der Waals surface area contributed by atoms with Gasteiger partial charge in [-0.3, -0.25) is 0 Å². The summed E-state index contributed by atoms with van der Waals surface area (Å²) in [6.07, 6.45) is 1.27. The highest BCUT2D eigenvalue weighted by atomic mass is 19.1. The lowest BCUT2D eigenvalue weighted by atomic mass is 9.84. The molecule has 1 unspecified atom stereocenters. The Labute approximate surface area is 116 Å². The van der Waals surface area contributed by atoms with Crippen LogP contribution in [0.1, 0.15) is 23.1 Å². The van der Waals surface area contributed by atoms with Crippen LogP contribution in [0.15, 0.2) is 36.4 Å². The largest absolute Gasteiger partial charge is 0.496 e. The second-order valence-electron chi connectivity index (χ2n) is 5.12. The average molecular weight is 275 g/mol. The van der Waals surface area contributed by atoms with Crippen LogP contribution >= 0.6 is 0 Å². The predicted molar refractivity (Wildman–Crippen MR) is 72.6 cm³/mol. The van der Waals surface area contributed by atoms with Crippen molar-refractivity contribution in [3.8, 4) is 5.75 Å². The first-order valence-corrected chi connectivity index (χ1v) is 6.46. The summed E-state index contributed by atoms with van der Waals surface area (Å²) in [5.74, 6) is -0.0912. The number of benzene rings is 2. The van der Waals surface area contributed by atoms with Crippen molar-refractivity contribution in [1.82, 2.24) is 0 Å². The first-order chi connectivity index (χ1) is 9.54. The molecule has 4 heteroatoms. The van der Waals surface area contributed by atoms with Crippen molar-refractivity contribution in [3.05, 3.63) is 64.7 Å². The van der Waals surface area contributed by atoms with Crippen molar-refractivity contribution in [2.24, 2.45) is 5.73 Å². The van der Waals surface area contributed by atoms with Crippen molar-refractivity contribution in [1.29, 1.82) is 0 Å². The van der Waals surface area contributed by atoms with Crippen molar-refractivity contribution in [2.75, 3.05) is 7.11 Å². The van der Waals surface area contributed by atoms with Gasteiger partial charge in [-0.25, -0.2) is 8.78 Å². The second-order valence-corrected chi connectivity index (χ2v) is 5.12. The Bertz CT molecular complexity index is 672. The lowest BCUT2D eigenvalue weighted by Gasteiger charge is -2.28. The predicted octanol–water partition coefficient (Wildman–Crippen LogP) is 3.12. The van der Waals surface area contributed by atoms with E-state index in [0.29, 0.717) is 24.2 Å². The molecule has 1 atom stereocenters. The van der Waals surface area contributed by atoms with E-state index >= 15 is 0 Å². The third kappa shape index (κ3) is 1.88. The number of halogens is 2. The third-order valence-electron chi connectivity index (χ3n) is 3.98. The summed E-state index contributed by atoms with van der Waals surface area (Å²) in [5, 5.41) is 0. The number of rotatable bonds is 2. The zero-order chi connectivity index (χ0) is 14.3. The molecule has 0 aliphatic heterocycles. The van der Waals surface area contributed by atoms with Gasteiger partial charge in [0.2, 0.25) is 0 Å². The third-order valence-corrected chi connectivity index (χ3v) is 3.98. The summed E-state index contributed by atoms with van der Waals surface area (Å²) in [6.45, 7) is 0. The fourth-order valence-electron chi connectivity index (χ4n) is 2.98. The van der Waals surface area contributed by atoms with Gasteiger partial charge in [0.1, 0.15) is 17.4 Å². The van der Waals surface area contributed by atoms with E-state index in [2.05, 4.69) is 0 Å². The average Bonchev–Trinajstić information content (AvgIpc) is 2.77. The summed E-state index contributed by atoms with van der Waals surface area (Å²) >= 11 is 0. The molecule has 2 aromatic rings. The van der Waals surface area contributed by atoms with Gasteiger partial charge in [0.05, 0.1) is 12.6 Å². The zero-order valence-corrected chi connectivity index (χ0v) is 11.1. The Morgan fingerprint density at radius 3 is 2.50 bits per heavy atom. The van der Waals surface area contributed by atoms with Crippen molar-refractivity contribution >= 4 is 0 Å².